The highest BCUT2D eigenvalue weighted by atomic mass is 16.2. The minimum absolute atomic E-state index is 0.0467. The molecule has 7 nitrogen and oxygen atoms in total. The quantitative estimate of drug-likeness (QED) is 0.491. The number of aromatic nitrogens is 3. The number of nitrogens with zero attached hydrogens (tertiary/aromatic N) is 3. The highest BCUT2D eigenvalue weighted by Crippen LogP contribution is 2.31. The van der Waals surface area contributed by atoms with Crippen molar-refractivity contribution < 1.29 is 9.59 Å². The maximum atomic E-state index is 12.7. The Labute approximate surface area is 185 Å². The molecule has 2 aromatic heterocycles. The van der Waals surface area contributed by atoms with Crippen LogP contribution in [0.4, 0.5) is 11.5 Å². The van der Waals surface area contributed by atoms with Gasteiger partial charge in [-0.2, -0.15) is 5.10 Å². The maximum Gasteiger partial charge on any atom is 0.255 e. The molecule has 7 heteroatoms. The van der Waals surface area contributed by atoms with E-state index in [2.05, 4.69) is 26.8 Å². The van der Waals surface area contributed by atoms with Gasteiger partial charge in [0, 0.05) is 36.3 Å². The first kappa shape index (κ1) is 19.9. The molecule has 2 amide bonds. The third-order valence-electron chi connectivity index (χ3n) is 5.69. The summed E-state index contributed by atoms with van der Waals surface area (Å²) in [6.45, 7) is 2.02. The number of carbonyl (C=O) groups excluding carboxylic acids is 2. The minimum atomic E-state index is -0.183. The molecular formula is C25H23N5O2. The molecule has 0 atom stereocenters. The fraction of sp³-hybridized carbons (Fsp3) is 0.200. The molecule has 1 saturated carbocycles. The van der Waals surface area contributed by atoms with Crippen LogP contribution in [0.3, 0.4) is 0 Å². The SMILES string of the molecule is Cc1ccc(C(=O)Nc2cnn(C)c2)cc1-c1ccc2cc(NC(=O)C3CC3)ncc2c1. The zero-order valence-electron chi connectivity index (χ0n) is 17.9. The molecule has 0 unspecified atom stereocenters. The van der Waals surface area contributed by atoms with Crippen LogP contribution in [0.15, 0.2) is 61.1 Å². The zero-order valence-corrected chi connectivity index (χ0v) is 17.9. The third kappa shape index (κ3) is 4.09. The fourth-order valence-corrected chi connectivity index (χ4v) is 3.71. The molecule has 32 heavy (non-hydrogen) atoms. The van der Waals surface area contributed by atoms with Gasteiger partial charge in [-0.3, -0.25) is 14.3 Å². The van der Waals surface area contributed by atoms with Gasteiger partial charge in [0.25, 0.3) is 5.91 Å². The van der Waals surface area contributed by atoms with Gasteiger partial charge in [-0.1, -0.05) is 18.2 Å². The largest absolute Gasteiger partial charge is 0.319 e. The number of amides is 2. The van der Waals surface area contributed by atoms with Crippen molar-refractivity contribution in [2.24, 2.45) is 13.0 Å². The van der Waals surface area contributed by atoms with E-state index in [0.29, 0.717) is 17.1 Å². The molecule has 2 aromatic carbocycles. The van der Waals surface area contributed by atoms with Crippen LogP contribution in [0.5, 0.6) is 0 Å². The molecule has 0 saturated heterocycles. The second-order valence-electron chi connectivity index (χ2n) is 8.28. The van der Waals surface area contributed by atoms with Crippen molar-refractivity contribution in [2.45, 2.75) is 19.8 Å². The van der Waals surface area contributed by atoms with E-state index in [4.69, 9.17) is 0 Å². The predicted octanol–water partition coefficient (Wildman–Crippen LogP) is 4.54. The van der Waals surface area contributed by atoms with E-state index in [9.17, 15) is 9.59 Å². The number of pyridine rings is 1. The van der Waals surface area contributed by atoms with Crippen LogP contribution in [-0.2, 0) is 11.8 Å². The monoisotopic (exact) mass is 425 g/mol. The number of rotatable bonds is 5. The van der Waals surface area contributed by atoms with Crippen LogP contribution >= 0.6 is 0 Å². The highest BCUT2D eigenvalue weighted by Gasteiger charge is 2.29. The molecular weight excluding hydrogens is 402 g/mol. The van der Waals surface area contributed by atoms with Crippen molar-refractivity contribution >= 4 is 34.1 Å². The molecule has 160 valence electrons. The van der Waals surface area contributed by atoms with Crippen molar-refractivity contribution in [1.82, 2.24) is 14.8 Å². The first-order valence-corrected chi connectivity index (χ1v) is 10.6. The molecule has 0 radical (unpaired) electrons. The van der Waals surface area contributed by atoms with Gasteiger partial charge in [0.2, 0.25) is 5.91 Å². The summed E-state index contributed by atoms with van der Waals surface area (Å²) in [4.78, 5) is 29.1. The molecule has 1 fully saturated rings. The Morgan fingerprint density at radius 2 is 1.84 bits per heavy atom. The number of anilines is 2. The van der Waals surface area contributed by atoms with Gasteiger partial charge in [-0.25, -0.2) is 4.98 Å². The molecule has 1 aliphatic rings. The molecule has 0 aliphatic heterocycles. The normalized spacial score (nSPS) is 13.2. The summed E-state index contributed by atoms with van der Waals surface area (Å²) in [6.07, 6.45) is 7.06. The van der Waals surface area contributed by atoms with Gasteiger partial charge in [-0.15, -0.1) is 0 Å². The molecule has 2 N–H and O–H groups in total. The van der Waals surface area contributed by atoms with Crippen LogP contribution in [0.2, 0.25) is 0 Å². The summed E-state index contributed by atoms with van der Waals surface area (Å²) in [6, 6.07) is 13.7. The zero-order chi connectivity index (χ0) is 22.2. The molecule has 1 aliphatic carbocycles. The van der Waals surface area contributed by atoms with Crippen LogP contribution < -0.4 is 10.6 Å². The topological polar surface area (TPSA) is 88.9 Å². The van der Waals surface area contributed by atoms with Crippen molar-refractivity contribution in [3.8, 4) is 11.1 Å². The summed E-state index contributed by atoms with van der Waals surface area (Å²) >= 11 is 0. The lowest BCUT2D eigenvalue weighted by Crippen LogP contribution is -2.14. The van der Waals surface area contributed by atoms with Crippen molar-refractivity contribution in [1.29, 1.82) is 0 Å². The van der Waals surface area contributed by atoms with E-state index in [-0.39, 0.29) is 17.7 Å². The van der Waals surface area contributed by atoms with Gasteiger partial charge >= 0.3 is 0 Å². The van der Waals surface area contributed by atoms with E-state index in [1.807, 2.05) is 43.3 Å². The van der Waals surface area contributed by atoms with Gasteiger partial charge in [0.05, 0.1) is 11.9 Å². The van der Waals surface area contributed by atoms with Crippen molar-refractivity contribution in [3.63, 3.8) is 0 Å². The number of hydrogen-bond acceptors (Lipinski definition) is 4. The second-order valence-corrected chi connectivity index (χ2v) is 8.28. The molecule has 5 rings (SSSR count). The van der Waals surface area contributed by atoms with E-state index in [0.717, 1.165) is 40.3 Å². The number of carbonyl (C=O) groups is 2. The smallest absolute Gasteiger partial charge is 0.255 e. The van der Waals surface area contributed by atoms with Crippen LogP contribution in [-0.4, -0.2) is 26.6 Å². The summed E-state index contributed by atoms with van der Waals surface area (Å²) in [5, 5.41) is 11.8. The van der Waals surface area contributed by atoms with Crippen molar-refractivity contribution in [3.05, 3.63) is 72.2 Å². The number of fused-ring (bicyclic) bond motifs is 1. The lowest BCUT2D eigenvalue weighted by atomic mass is 9.96. The third-order valence-corrected chi connectivity index (χ3v) is 5.69. The lowest BCUT2D eigenvalue weighted by Gasteiger charge is -2.11. The molecule has 2 heterocycles. The van der Waals surface area contributed by atoms with Crippen LogP contribution in [0, 0.1) is 12.8 Å². The number of nitrogens with one attached hydrogen (secondary N) is 2. The van der Waals surface area contributed by atoms with E-state index >= 15 is 0 Å². The number of benzene rings is 2. The second kappa shape index (κ2) is 7.92. The standard InChI is InChI=1S/C25H23N5O2/c1-15-3-4-19(25(32)28-21-13-27-30(2)14-21)10-22(15)18-8-7-17-11-23(26-12-20(17)9-18)29-24(31)16-5-6-16/h3-4,7-14,16H,5-6H2,1-2H3,(H,28,32)(H,26,29,31). The Balaban J connectivity index is 1.41. The number of aryl methyl sites for hydroxylation is 2. The maximum absolute atomic E-state index is 12.7. The Kier molecular flexibility index (Phi) is 4.93. The van der Waals surface area contributed by atoms with E-state index < -0.39 is 0 Å². The first-order valence-electron chi connectivity index (χ1n) is 10.6. The fourth-order valence-electron chi connectivity index (χ4n) is 3.71. The Hall–Kier alpha value is -4.00. The molecule has 0 bridgehead atoms. The average molecular weight is 425 g/mol. The summed E-state index contributed by atoms with van der Waals surface area (Å²) in [7, 11) is 1.80. The minimum Gasteiger partial charge on any atom is -0.319 e. The highest BCUT2D eigenvalue weighted by molar-refractivity contribution is 6.05. The van der Waals surface area contributed by atoms with E-state index in [1.165, 1.54) is 0 Å². The van der Waals surface area contributed by atoms with Gasteiger partial charge < -0.3 is 10.6 Å². The molecule has 4 aromatic rings. The van der Waals surface area contributed by atoms with Crippen molar-refractivity contribution in [2.75, 3.05) is 10.6 Å². The Morgan fingerprint density at radius 3 is 2.59 bits per heavy atom. The van der Waals surface area contributed by atoms with Gasteiger partial charge in [-0.05, 0) is 66.1 Å². The first-order chi connectivity index (χ1) is 15.5. The summed E-state index contributed by atoms with van der Waals surface area (Å²) < 4.78 is 1.64. The summed E-state index contributed by atoms with van der Waals surface area (Å²) in [5.41, 5.74) is 4.29. The molecule has 0 spiro atoms. The van der Waals surface area contributed by atoms with Gasteiger partial charge in [0.15, 0.2) is 0 Å². The Bertz CT molecular complexity index is 1350. The van der Waals surface area contributed by atoms with Crippen LogP contribution in [0.1, 0.15) is 28.8 Å². The van der Waals surface area contributed by atoms with Crippen LogP contribution in [0.25, 0.3) is 21.9 Å². The average Bonchev–Trinajstić information content (AvgIpc) is 3.56. The summed E-state index contributed by atoms with van der Waals surface area (Å²) in [5.74, 6) is 0.580. The predicted molar refractivity (Wildman–Crippen MR) is 124 cm³/mol. The Morgan fingerprint density at radius 1 is 1.00 bits per heavy atom. The lowest BCUT2D eigenvalue weighted by molar-refractivity contribution is -0.117. The number of hydrogen-bond donors (Lipinski definition) is 2. The van der Waals surface area contributed by atoms with Gasteiger partial charge in [0.1, 0.15) is 5.82 Å². The van der Waals surface area contributed by atoms with E-state index in [1.54, 1.807) is 30.3 Å².